The molecule has 1 saturated carbocycles. The van der Waals surface area contributed by atoms with Crippen molar-refractivity contribution in [1.82, 2.24) is 4.90 Å². The third-order valence-corrected chi connectivity index (χ3v) is 6.21. The summed E-state index contributed by atoms with van der Waals surface area (Å²) in [6.45, 7) is 2.97. The SMILES string of the molecule is CC1(C)CCC(N(CC(=O)c2c(Cl)cccc2C(F)(F)F)C(=O)/C(C=N)=C(/N)C(F)(F)F)CC1. The van der Waals surface area contributed by atoms with E-state index in [9.17, 15) is 35.9 Å². The smallest absolute Gasteiger partial charge is 0.394 e. The Kier molecular flexibility index (Phi) is 8.12. The minimum absolute atomic E-state index is 0.118. The van der Waals surface area contributed by atoms with Gasteiger partial charge in [-0.1, -0.05) is 31.5 Å². The first-order valence-electron chi connectivity index (χ1n) is 10.3. The maximum absolute atomic E-state index is 13.5. The van der Waals surface area contributed by atoms with E-state index in [1.807, 2.05) is 13.8 Å². The minimum Gasteiger partial charge on any atom is -0.394 e. The molecule has 3 N–H and O–H groups in total. The Bertz CT molecular complexity index is 991. The molecule has 0 aromatic heterocycles. The van der Waals surface area contributed by atoms with Crippen molar-refractivity contribution < 1.29 is 35.9 Å². The van der Waals surface area contributed by atoms with E-state index in [1.54, 1.807) is 0 Å². The van der Waals surface area contributed by atoms with E-state index in [0.29, 0.717) is 31.7 Å². The highest BCUT2D eigenvalue weighted by atomic mass is 35.5. The van der Waals surface area contributed by atoms with E-state index >= 15 is 0 Å². The van der Waals surface area contributed by atoms with Crippen LogP contribution in [0.4, 0.5) is 26.3 Å². The van der Waals surface area contributed by atoms with Crippen LogP contribution in [0.5, 0.6) is 0 Å². The van der Waals surface area contributed by atoms with Gasteiger partial charge in [-0.25, -0.2) is 0 Å². The highest BCUT2D eigenvalue weighted by Gasteiger charge is 2.41. The van der Waals surface area contributed by atoms with Crippen LogP contribution in [0.1, 0.15) is 55.5 Å². The van der Waals surface area contributed by atoms with Gasteiger partial charge in [0.2, 0.25) is 0 Å². The van der Waals surface area contributed by atoms with Crippen molar-refractivity contribution in [2.45, 2.75) is 57.9 Å². The van der Waals surface area contributed by atoms with Gasteiger partial charge in [-0.05, 0) is 43.2 Å². The van der Waals surface area contributed by atoms with Gasteiger partial charge in [0.1, 0.15) is 5.70 Å². The molecule has 0 heterocycles. The van der Waals surface area contributed by atoms with Gasteiger partial charge in [-0.15, -0.1) is 0 Å². The molecule has 34 heavy (non-hydrogen) atoms. The normalized spacial score (nSPS) is 17.7. The molecule has 188 valence electrons. The summed E-state index contributed by atoms with van der Waals surface area (Å²) in [4.78, 5) is 26.9. The summed E-state index contributed by atoms with van der Waals surface area (Å²) < 4.78 is 79.9. The van der Waals surface area contributed by atoms with E-state index in [2.05, 4.69) is 0 Å². The second-order valence-electron chi connectivity index (χ2n) is 8.88. The van der Waals surface area contributed by atoms with Crippen LogP contribution in [0.3, 0.4) is 0 Å². The number of ketones is 1. The summed E-state index contributed by atoms with van der Waals surface area (Å²) in [6, 6.07) is 1.99. The first-order chi connectivity index (χ1) is 15.5. The van der Waals surface area contributed by atoms with Crippen molar-refractivity contribution in [3.8, 4) is 0 Å². The van der Waals surface area contributed by atoms with E-state index < -0.39 is 64.0 Å². The number of nitrogens with zero attached hydrogens (tertiary/aromatic N) is 1. The zero-order chi connectivity index (χ0) is 26.1. The molecule has 2 rings (SSSR count). The number of hydrogen-bond acceptors (Lipinski definition) is 4. The van der Waals surface area contributed by atoms with E-state index in [4.69, 9.17) is 22.7 Å². The van der Waals surface area contributed by atoms with Crippen molar-refractivity contribution in [2.75, 3.05) is 6.54 Å². The van der Waals surface area contributed by atoms with Crippen molar-refractivity contribution >= 4 is 29.5 Å². The van der Waals surface area contributed by atoms with Crippen LogP contribution in [0.25, 0.3) is 0 Å². The third-order valence-electron chi connectivity index (χ3n) is 5.89. The van der Waals surface area contributed by atoms with Crippen LogP contribution in [0.2, 0.25) is 5.02 Å². The number of nitrogens with one attached hydrogen (secondary N) is 1. The summed E-state index contributed by atoms with van der Waals surface area (Å²) >= 11 is 5.88. The highest BCUT2D eigenvalue weighted by Crippen LogP contribution is 2.39. The van der Waals surface area contributed by atoms with Gasteiger partial charge < -0.3 is 16.0 Å². The molecule has 0 saturated heterocycles. The van der Waals surface area contributed by atoms with Gasteiger partial charge in [0.25, 0.3) is 5.91 Å². The Morgan fingerprint density at radius 3 is 2.21 bits per heavy atom. The molecule has 0 spiro atoms. The Morgan fingerprint density at radius 1 is 1.18 bits per heavy atom. The molecular weight excluding hydrogens is 488 g/mol. The lowest BCUT2D eigenvalue weighted by atomic mass is 9.75. The van der Waals surface area contributed by atoms with E-state index in [1.165, 1.54) is 0 Å². The average Bonchev–Trinajstić information content (AvgIpc) is 2.71. The molecule has 0 aliphatic heterocycles. The number of rotatable bonds is 6. The zero-order valence-corrected chi connectivity index (χ0v) is 19.2. The van der Waals surface area contributed by atoms with Crippen LogP contribution < -0.4 is 5.73 Å². The fourth-order valence-corrected chi connectivity index (χ4v) is 4.18. The molecular formula is C22H24ClF6N3O2. The van der Waals surface area contributed by atoms with Gasteiger partial charge in [0, 0.05) is 12.3 Å². The maximum Gasteiger partial charge on any atom is 0.431 e. The van der Waals surface area contributed by atoms with E-state index in [-0.39, 0.29) is 11.6 Å². The molecule has 1 aliphatic carbocycles. The fourth-order valence-electron chi connectivity index (χ4n) is 3.90. The summed E-state index contributed by atoms with van der Waals surface area (Å²) in [5.74, 6) is -2.55. The molecule has 0 unspecified atom stereocenters. The van der Waals surface area contributed by atoms with Crippen LogP contribution in [-0.2, 0) is 11.0 Å². The molecule has 12 heteroatoms. The first kappa shape index (κ1) is 27.7. The molecule has 1 aromatic carbocycles. The molecule has 0 atom stereocenters. The van der Waals surface area contributed by atoms with Crippen LogP contribution in [0, 0.1) is 10.8 Å². The number of carbonyl (C=O) groups is 2. The number of nitrogens with two attached hydrogens (primary N) is 1. The monoisotopic (exact) mass is 511 g/mol. The standard InChI is InChI=1S/C22H24ClF6N3O2/c1-20(2)8-6-12(7-9-20)32(19(34)13(10-30)18(31)22(27,28)29)11-16(33)17-14(21(24,25)26)4-3-5-15(17)23/h3-5,10,12,30H,6-9,11,31H2,1-2H3/b18-13+,30-10?. The third kappa shape index (κ3) is 6.31. The Balaban J connectivity index is 2.54. The van der Waals surface area contributed by atoms with Crippen molar-refractivity contribution in [3.05, 3.63) is 45.6 Å². The molecule has 0 radical (unpaired) electrons. The Hall–Kier alpha value is -2.56. The summed E-state index contributed by atoms with van der Waals surface area (Å²) in [5.41, 5.74) is -0.271. The second-order valence-corrected chi connectivity index (χ2v) is 9.29. The number of alkyl halides is 6. The van der Waals surface area contributed by atoms with Crippen LogP contribution in [0.15, 0.2) is 29.5 Å². The second kappa shape index (κ2) is 9.97. The summed E-state index contributed by atoms with van der Waals surface area (Å²) in [5, 5.41) is 6.80. The molecule has 1 fully saturated rings. The number of amides is 1. The number of allylic oxidation sites excluding steroid dienone is 1. The quantitative estimate of drug-likeness (QED) is 0.220. The van der Waals surface area contributed by atoms with Gasteiger partial charge in [-0.3, -0.25) is 9.59 Å². The fraction of sp³-hybridized carbons (Fsp3) is 0.500. The van der Waals surface area contributed by atoms with Crippen molar-refractivity contribution in [1.29, 1.82) is 5.41 Å². The maximum atomic E-state index is 13.5. The summed E-state index contributed by atoms with van der Waals surface area (Å²) in [7, 11) is 0. The van der Waals surface area contributed by atoms with Crippen molar-refractivity contribution in [2.24, 2.45) is 11.1 Å². The number of hydrogen-bond donors (Lipinski definition) is 2. The first-order valence-corrected chi connectivity index (χ1v) is 10.6. The van der Waals surface area contributed by atoms with Crippen molar-refractivity contribution in [3.63, 3.8) is 0 Å². The van der Waals surface area contributed by atoms with Gasteiger partial charge in [0.15, 0.2) is 5.78 Å². The van der Waals surface area contributed by atoms with Gasteiger partial charge in [0.05, 0.1) is 28.3 Å². The number of carbonyl (C=O) groups excluding carboxylic acids is 2. The number of Topliss-reactive ketones (excluding diaryl/α,β-unsaturated/α-hetero) is 1. The largest absolute Gasteiger partial charge is 0.431 e. The molecule has 1 amide bonds. The molecule has 1 aromatic rings. The number of benzene rings is 1. The van der Waals surface area contributed by atoms with Crippen LogP contribution in [-0.4, -0.2) is 41.6 Å². The zero-order valence-electron chi connectivity index (χ0n) is 18.4. The lowest BCUT2D eigenvalue weighted by molar-refractivity contribution is -0.137. The average molecular weight is 512 g/mol. The molecule has 1 aliphatic rings. The topological polar surface area (TPSA) is 87.2 Å². The van der Waals surface area contributed by atoms with E-state index in [0.717, 1.165) is 17.0 Å². The lowest BCUT2D eigenvalue weighted by Crippen LogP contribution is -2.47. The number of halogens is 7. The summed E-state index contributed by atoms with van der Waals surface area (Å²) in [6.07, 6.45) is -8.19. The minimum atomic E-state index is -5.13. The predicted molar refractivity (Wildman–Crippen MR) is 115 cm³/mol. The van der Waals surface area contributed by atoms with Gasteiger partial charge >= 0.3 is 12.4 Å². The van der Waals surface area contributed by atoms with Gasteiger partial charge in [-0.2, -0.15) is 26.3 Å². The molecule has 0 bridgehead atoms. The highest BCUT2D eigenvalue weighted by molar-refractivity contribution is 6.34. The Morgan fingerprint density at radius 2 is 1.74 bits per heavy atom. The predicted octanol–water partition coefficient (Wildman–Crippen LogP) is 5.76. The Labute approximate surface area is 197 Å². The van der Waals surface area contributed by atoms with Crippen LogP contribution >= 0.6 is 11.6 Å². The molecule has 5 nitrogen and oxygen atoms in total. The lowest BCUT2D eigenvalue weighted by Gasteiger charge is -2.40.